The van der Waals surface area contributed by atoms with Gasteiger partial charge >= 0.3 is 0 Å². The minimum absolute atomic E-state index is 0.119. The minimum atomic E-state index is -3.58. The Bertz CT molecular complexity index is 861. The fourth-order valence-corrected chi connectivity index (χ4v) is 3.37. The van der Waals surface area contributed by atoms with Crippen LogP contribution in [0.5, 0.6) is 5.75 Å². The van der Waals surface area contributed by atoms with E-state index in [0.29, 0.717) is 24.5 Å². The lowest BCUT2D eigenvalue weighted by atomic mass is 10.2. The van der Waals surface area contributed by atoms with Crippen LogP contribution in [-0.2, 0) is 21.4 Å². The molecule has 0 radical (unpaired) electrons. The molecule has 0 unspecified atom stereocenters. The van der Waals surface area contributed by atoms with Crippen molar-refractivity contribution in [3.05, 3.63) is 53.6 Å². The highest BCUT2D eigenvalue weighted by molar-refractivity contribution is 7.89. The van der Waals surface area contributed by atoms with Crippen molar-refractivity contribution in [2.75, 3.05) is 11.9 Å². The maximum atomic E-state index is 12.3. The molecule has 24 heavy (non-hydrogen) atoms. The molecule has 0 atom stereocenters. The Morgan fingerprint density at radius 2 is 1.92 bits per heavy atom. The molecule has 0 saturated carbocycles. The van der Waals surface area contributed by atoms with Crippen molar-refractivity contribution < 1.29 is 17.9 Å². The van der Waals surface area contributed by atoms with Gasteiger partial charge in [0, 0.05) is 6.54 Å². The monoisotopic (exact) mass is 346 g/mol. The summed E-state index contributed by atoms with van der Waals surface area (Å²) in [4.78, 5) is 11.8. The third kappa shape index (κ3) is 3.74. The van der Waals surface area contributed by atoms with E-state index in [1.54, 1.807) is 42.5 Å². The topological polar surface area (TPSA) is 84.5 Å². The second-order valence-corrected chi connectivity index (χ2v) is 7.38. The lowest BCUT2D eigenvalue weighted by Crippen LogP contribution is -2.23. The van der Waals surface area contributed by atoms with E-state index in [-0.39, 0.29) is 17.3 Å². The van der Waals surface area contributed by atoms with Crippen molar-refractivity contribution in [2.24, 2.45) is 0 Å². The number of aryl methyl sites for hydroxylation is 1. The van der Waals surface area contributed by atoms with Crippen LogP contribution in [0.25, 0.3) is 0 Å². The average molecular weight is 346 g/mol. The van der Waals surface area contributed by atoms with E-state index in [0.717, 1.165) is 11.1 Å². The highest BCUT2D eigenvalue weighted by Gasteiger charge is 2.16. The van der Waals surface area contributed by atoms with Crippen molar-refractivity contribution in [3.8, 4) is 5.75 Å². The van der Waals surface area contributed by atoms with Crippen LogP contribution in [0.15, 0.2) is 47.4 Å². The molecule has 1 aliphatic rings. The van der Waals surface area contributed by atoms with Crippen LogP contribution < -0.4 is 14.8 Å². The van der Waals surface area contributed by atoms with Crippen molar-refractivity contribution in [1.82, 2.24) is 4.72 Å². The highest BCUT2D eigenvalue weighted by Crippen LogP contribution is 2.28. The zero-order chi connectivity index (χ0) is 17.2. The number of rotatable bonds is 4. The standard InChI is InChI=1S/C17H18N2O4S/c1-12-2-5-14(6-3-12)24(21,22)18-11-13-4-7-16-15(10-13)19-17(20)8-9-23-16/h2-7,10,18H,8-9,11H2,1H3,(H,19,20). The first-order chi connectivity index (χ1) is 11.4. The van der Waals surface area contributed by atoms with E-state index in [1.165, 1.54) is 0 Å². The first-order valence-electron chi connectivity index (χ1n) is 7.56. The van der Waals surface area contributed by atoms with Gasteiger partial charge < -0.3 is 10.1 Å². The first-order valence-corrected chi connectivity index (χ1v) is 9.04. The van der Waals surface area contributed by atoms with E-state index >= 15 is 0 Å². The van der Waals surface area contributed by atoms with Crippen LogP contribution in [0.3, 0.4) is 0 Å². The molecule has 0 fully saturated rings. The molecule has 3 rings (SSSR count). The van der Waals surface area contributed by atoms with E-state index in [4.69, 9.17) is 4.74 Å². The van der Waals surface area contributed by atoms with E-state index in [9.17, 15) is 13.2 Å². The Kier molecular flexibility index (Phi) is 4.55. The molecule has 0 saturated heterocycles. The van der Waals surface area contributed by atoms with Gasteiger partial charge in [-0.2, -0.15) is 0 Å². The van der Waals surface area contributed by atoms with E-state index in [2.05, 4.69) is 10.0 Å². The number of hydrogen-bond acceptors (Lipinski definition) is 4. The van der Waals surface area contributed by atoms with Gasteiger partial charge in [-0.15, -0.1) is 0 Å². The number of amides is 1. The van der Waals surface area contributed by atoms with Crippen molar-refractivity contribution in [1.29, 1.82) is 0 Å². The normalized spacial score (nSPS) is 14.3. The number of benzene rings is 2. The zero-order valence-corrected chi connectivity index (χ0v) is 14.0. The number of sulfonamides is 1. The number of anilines is 1. The number of carbonyl (C=O) groups is 1. The first kappa shape index (κ1) is 16.5. The van der Waals surface area contributed by atoms with Gasteiger partial charge in [0.25, 0.3) is 0 Å². The second kappa shape index (κ2) is 6.62. The fraction of sp³-hybridized carbons (Fsp3) is 0.235. The maximum Gasteiger partial charge on any atom is 0.240 e. The van der Waals surface area contributed by atoms with Crippen molar-refractivity contribution >= 4 is 21.6 Å². The summed E-state index contributed by atoms with van der Waals surface area (Å²) in [7, 11) is -3.58. The van der Waals surface area contributed by atoms with Crippen LogP contribution in [0, 0.1) is 6.92 Å². The molecule has 1 amide bonds. The van der Waals surface area contributed by atoms with Gasteiger partial charge in [0.05, 0.1) is 23.6 Å². The van der Waals surface area contributed by atoms with Crippen LogP contribution >= 0.6 is 0 Å². The summed E-state index contributed by atoms with van der Waals surface area (Å²) in [6.07, 6.45) is 0.296. The van der Waals surface area contributed by atoms with Crippen molar-refractivity contribution in [3.63, 3.8) is 0 Å². The molecule has 2 aromatic carbocycles. The predicted molar refractivity (Wildman–Crippen MR) is 90.4 cm³/mol. The van der Waals surface area contributed by atoms with Crippen LogP contribution in [-0.4, -0.2) is 20.9 Å². The Morgan fingerprint density at radius 1 is 1.17 bits per heavy atom. The number of ether oxygens (including phenoxy) is 1. The largest absolute Gasteiger partial charge is 0.491 e. The Morgan fingerprint density at radius 3 is 2.67 bits per heavy atom. The lowest BCUT2D eigenvalue weighted by Gasteiger charge is -2.11. The summed E-state index contributed by atoms with van der Waals surface area (Å²) in [5, 5.41) is 2.76. The molecule has 2 aromatic rings. The van der Waals surface area contributed by atoms with Crippen LogP contribution in [0.2, 0.25) is 0 Å². The SMILES string of the molecule is Cc1ccc(S(=O)(=O)NCc2ccc3c(c2)NC(=O)CCO3)cc1. The number of carbonyl (C=O) groups excluding carboxylic acids is 1. The Labute approximate surface area is 140 Å². The van der Waals surface area contributed by atoms with E-state index < -0.39 is 10.0 Å². The summed E-state index contributed by atoms with van der Waals surface area (Å²) in [6.45, 7) is 2.35. The maximum absolute atomic E-state index is 12.3. The van der Waals surface area contributed by atoms with Crippen LogP contribution in [0.1, 0.15) is 17.5 Å². The average Bonchev–Trinajstić information content (AvgIpc) is 2.73. The number of nitrogens with one attached hydrogen (secondary N) is 2. The molecule has 2 N–H and O–H groups in total. The molecular formula is C17H18N2O4S. The summed E-state index contributed by atoms with van der Waals surface area (Å²) < 4.78 is 32.7. The summed E-state index contributed by atoms with van der Waals surface area (Å²) >= 11 is 0. The molecule has 126 valence electrons. The Hall–Kier alpha value is -2.38. The van der Waals surface area contributed by atoms with Gasteiger partial charge in [-0.1, -0.05) is 23.8 Å². The lowest BCUT2D eigenvalue weighted by molar-refractivity contribution is -0.116. The van der Waals surface area contributed by atoms with Gasteiger partial charge in [-0.05, 0) is 36.8 Å². The van der Waals surface area contributed by atoms with Gasteiger partial charge in [0.15, 0.2) is 0 Å². The molecule has 6 nitrogen and oxygen atoms in total. The number of fused-ring (bicyclic) bond motifs is 1. The third-order valence-electron chi connectivity index (χ3n) is 3.70. The summed E-state index contributed by atoms with van der Waals surface area (Å²) in [5.41, 5.74) is 2.29. The molecule has 0 aromatic heterocycles. The summed E-state index contributed by atoms with van der Waals surface area (Å²) in [5.74, 6) is 0.470. The molecule has 0 bridgehead atoms. The number of hydrogen-bond donors (Lipinski definition) is 2. The quantitative estimate of drug-likeness (QED) is 0.889. The second-order valence-electron chi connectivity index (χ2n) is 5.61. The predicted octanol–water partition coefficient (Wildman–Crippen LogP) is 2.19. The molecule has 7 heteroatoms. The third-order valence-corrected chi connectivity index (χ3v) is 5.12. The summed E-state index contributed by atoms with van der Waals surface area (Å²) in [6, 6.07) is 11.9. The smallest absolute Gasteiger partial charge is 0.240 e. The molecule has 1 heterocycles. The molecule has 0 aliphatic carbocycles. The van der Waals surface area contributed by atoms with Gasteiger partial charge in [-0.3, -0.25) is 4.79 Å². The van der Waals surface area contributed by atoms with Gasteiger partial charge in [-0.25, -0.2) is 13.1 Å². The van der Waals surface area contributed by atoms with Gasteiger partial charge in [0.2, 0.25) is 15.9 Å². The Balaban J connectivity index is 1.75. The molecule has 1 aliphatic heterocycles. The van der Waals surface area contributed by atoms with Gasteiger partial charge in [0.1, 0.15) is 5.75 Å². The molecular weight excluding hydrogens is 328 g/mol. The highest BCUT2D eigenvalue weighted by atomic mass is 32.2. The van der Waals surface area contributed by atoms with E-state index in [1.807, 2.05) is 6.92 Å². The van der Waals surface area contributed by atoms with Crippen molar-refractivity contribution in [2.45, 2.75) is 24.8 Å². The zero-order valence-electron chi connectivity index (χ0n) is 13.2. The fourth-order valence-electron chi connectivity index (χ4n) is 2.36. The molecule has 0 spiro atoms. The minimum Gasteiger partial charge on any atom is -0.491 e. The van der Waals surface area contributed by atoms with Crippen LogP contribution in [0.4, 0.5) is 5.69 Å².